The zero-order chi connectivity index (χ0) is 25.5. The van der Waals surface area contributed by atoms with Gasteiger partial charge in [0, 0.05) is 41.8 Å². The molecule has 0 bridgehead atoms. The van der Waals surface area contributed by atoms with E-state index in [1.165, 1.54) is 51.6 Å². The van der Waals surface area contributed by atoms with E-state index in [2.05, 4.69) is 45.1 Å². The third-order valence-electron chi connectivity index (χ3n) is 8.75. The highest BCUT2D eigenvalue weighted by atomic mass is 35.5. The molecule has 1 saturated carbocycles. The van der Waals surface area contributed by atoms with Gasteiger partial charge in [0.1, 0.15) is 18.0 Å². The number of nitrogens with one attached hydrogen (secondary N) is 1. The Morgan fingerprint density at radius 2 is 1.84 bits per heavy atom. The summed E-state index contributed by atoms with van der Waals surface area (Å²) in [6, 6.07) is 8.45. The van der Waals surface area contributed by atoms with Crippen LogP contribution in [0.3, 0.4) is 0 Å². The van der Waals surface area contributed by atoms with Crippen molar-refractivity contribution >= 4 is 40.6 Å². The maximum absolute atomic E-state index is 6.47. The molecule has 1 N–H and O–H groups in total. The van der Waals surface area contributed by atoms with Gasteiger partial charge < -0.3 is 15.1 Å². The van der Waals surface area contributed by atoms with Gasteiger partial charge in [0.15, 0.2) is 0 Å². The Hall–Kier alpha value is -2.09. The molecule has 1 aromatic carbocycles. The summed E-state index contributed by atoms with van der Waals surface area (Å²) in [6.45, 7) is 9.09. The van der Waals surface area contributed by atoms with Crippen molar-refractivity contribution in [3.8, 4) is 0 Å². The number of hydrogen-bond acceptors (Lipinski definition) is 6. The molecule has 6 rings (SSSR count). The van der Waals surface area contributed by atoms with Gasteiger partial charge in [-0.3, -0.25) is 0 Å². The van der Waals surface area contributed by atoms with Crippen LogP contribution in [0.15, 0.2) is 30.6 Å². The molecular formula is C28H36Cl2N7. The molecule has 1 radical (unpaired) electrons. The van der Waals surface area contributed by atoms with Crippen LogP contribution >= 0.6 is 23.2 Å². The Morgan fingerprint density at radius 1 is 1.03 bits per heavy atom. The largest absolute Gasteiger partial charge is 0.363 e. The average Bonchev–Trinajstić information content (AvgIpc) is 3.33. The highest BCUT2D eigenvalue weighted by Gasteiger charge is 2.38. The van der Waals surface area contributed by atoms with Gasteiger partial charge in [0.05, 0.1) is 6.04 Å². The van der Waals surface area contributed by atoms with Crippen molar-refractivity contribution < 1.29 is 0 Å². The number of halogens is 2. The number of hydrogen-bond donors (Lipinski definition) is 1. The summed E-state index contributed by atoms with van der Waals surface area (Å²) in [6.07, 6.45) is 9.59. The standard InChI is InChI=1S/C28H36Cl2N7/c1-18-5-8-23(9-6-18)35-11-3-4-20(14-35)21-15-36(16-21)26-13-27(37-28(34-26)31-17-32-37)33-19(2)24-10-7-22(29)12-25(24)30/h7,10,12-13,17,19-21,23,33H,3-6,8-9,11,14-16H2,1-2H3/t19-,20+/m1/s1. The van der Waals surface area contributed by atoms with Gasteiger partial charge in [0.2, 0.25) is 0 Å². The van der Waals surface area contributed by atoms with Crippen LogP contribution in [0, 0.1) is 17.8 Å². The van der Waals surface area contributed by atoms with Crippen LogP contribution in [-0.2, 0) is 0 Å². The number of aromatic nitrogens is 4. The molecule has 2 saturated heterocycles. The van der Waals surface area contributed by atoms with E-state index in [1.807, 2.05) is 12.1 Å². The highest BCUT2D eigenvalue weighted by molar-refractivity contribution is 6.35. The number of rotatable bonds is 6. The molecule has 2 aromatic heterocycles. The van der Waals surface area contributed by atoms with Crippen LogP contribution in [0.2, 0.25) is 10.0 Å². The first-order chi connectivity index (χ1) is 17.9. The first-order valence-electron chi connectivity index (χ1n) is 13.7. The van der Waals surface area contributed by atoms with Crippen LogP contribution in [-0.4, -0.2) is 56.7 Å². The second-order valence-corrected chi connectivity index (χ2v) is 12.1. The summed E-state index contributed by atoms with van der Waals surface area (Å²) < 4.78 is 1.75. The third-order valence-corrected chi connectivity index (χ3v) is 9.31. The van der Waals surface area contributed by atoms with E-state index in [0.29, 0.717) is 15.8 Å². The molecule has 7 nitrogen and oxygen atoms in total. The van der Waals surface area contributed by atoms with Crippen LogP contribution in [0.4, 0.5) is 11.6 Å². The van der Waals surface area contributed by atoms with Crippen molar-refractivity contribution in [3.63, 3.8) is 0 Å². The average molecular weight is 542 g/mol. The Morgan fingerprint density at radius 3 is 2.62 bits per heavy atom. The Bertz CT molecular complexity index is 1230. The first kappa shape index (κ1) is 25.2. The summed E-state index contributed by atoms with van der Waals surface area (Å²) >= 11 is 12.6. The maximum atomic E-state index is 6.47. The fourth-order valence-corrected chi connectivity index (χ4v) is 7.00. The lowest BCUT2D eigenvalue weighted by atomic mass is 9.79. The van der Waals surface area contributed by atoms with Gasteiger partial charge >= 0.3 is 0 Å². The molecule has 197 valence electrons. The van der Waals surface area contributed by atoms with Crippen molar-refractivity contribution in [1.29, 1.82) is 0 Å². The molecular weight excluding hydrogens is 505 g/mol. The molecule has 3 aliphatic rings. The Labute approximate surface area is 229 Å². The molecule has 2 atom stereocenters. The SMILES string of the molecule is C[C]1CCC(N2CCC[C@H](C3CN(c4cc(N[C@H](C)c5ccc(Cl)cc5Cl)n5ncnc5n4)C3)C2)CC1. The molecule has 3 aromatic rings. The minimum absolute atomic E-state index is 0.0362. The molecule has 0 unspecified atom stereocenters. The summed E-state index contributed by atoms with van der Waals surface area (Å²) in [5, 5.41) is 9.24. The zero-order valence-electron chi connectivity index (χ0n) is 21.7. The molecule has 4 heterocycles. The van der Waals surface area contributed by atoms with E-state index in [9.17, 15) is 0 Å². The number of piperidine rings is 1. The fraction of sp³-hybridized carbons (Fsp3) is 0.571. The van der Waals surface area contributed by atoms with E-state index >= 15 is 0 Å². The predicted molar refractivity (Wildman–Crippen MR) is 150 cm³/mol. The van der Waals surface area contributed by atoms with Crippen molar-refractivity contribution in [2.75, 3.05) is 36.4 Å². The van der Waals surface area contributed by atoms with Gasteiger partial charge in [-0.2, -0.15) is 19.6 Å². The van der Waals surface area contributed by atoms with Crippen LogP contribution < -0.4 is 10.2 Å². The fourth-order valence-electron chi connectivity index (χ4n) is 6.43. The van der Waals surface area contributed by atoms with Crippen molar-refractivity contribution in [3.05, 3.63) is 52.1 Å². The lowest BCUT2D eigenvalue weighted by Crippen LogP contribution is -2.55. The molecule has 3 fully saturated rings. The lowest BCUT2D eigenvalue weighted by molar-refractivity contribution is 0.0707. The monoisotopic (exact) mass is 540 g/mol. The minimum Gasteiger partial charge on any atom is -0.363 e. The van der Waals surface area contributed by atoms with E-state index in [4.69, 9.17) is 28.2 Å². The maximum Gasteiger partial charge on any atom is 0.256 e. The van der Waals surface area contributed by atoms with E-state index in [1.54, 1.807) is 22.8 Å². The number of benzene rings is 1. The number of fused-ring (bicyclic) bond motifs is 1. The molecule has 0 amide bonds. The number of anilines is 2. The Kier molecular flexibility index (Phi) is 7.21. The van der Waals surface area contributed by atoms with Gasteiger partial charge in [-0.15, -0.1) is 0 Å². The second-order valence-electron chi connectivity index (χ2n) is 11.3. The van der Waals surface area contributed by atoms with Gasteiger partial charge in [-0.1, -0.05) is 36.2 Å². The summed E-state index contributed by atoms with van der Waals surface area (Å²) in [5.41, 5.74) is 0.981. The van der Waals surface area contributed by atoms with Gasteiger partial charge in [-0.05, 0) is 87.4 Å². The van der Waals surface area contributed by atoms with Crippen LogP contribution in [0.25, 0.3) is 5.78 Å². The van der Waals surface area contributed by atoms with E-state index in [0.717, 1.165) is 48.2 Å². The van der Waals surface area contributed by atoms with Gasteiger partial charge in [-0.25, -0.2) is 0 Å². The molecule has 2 aliphatic heterocycles. The van der Waals surface area contributed by atoms with Gasteiger partial charge in [0.25, 0.3) is 5.78 Å². The normalized spacial score (nSPS) is 23.4. The van der Waals surface area contributed by atoms with Crippen LogP contribution in [0.5, 0.6) is 0 Å². The van der Waals surface area contributed by atoms with Crippen molar-refractivity contribution in [2.24, 2.45) is 11.8 Å². The quantitative estimate of drug-likeness (QED) is 0.396. The van der Waals surface area contributed by atoms with Crippen molar-refractivity contribution in [1.82, 2.24) is 24.5 Å². The summed E-state index contributed by atoms with van der Waals surface area (Å²) in [5.74, 6) is 5.63. The summed E-state index contributed by atoms with van der Waals surface area (Å²) in [4.78, 5) is 14.4. The zero-order valence-corrected chi connectivity index (χ0v) is 23.2. The second kappa shape index (κ2) is 10.6. The first-order valence-corrected chi connectivity index (χ1v) is 14.4. The highest BCUT2D eigenvalue weighted by Crippen LogP contribution is 2.37. The smallest absolute Gasteiger partial charge is 0.256 e. The van der Waals surface area contributed by atoms with E-state index < -0.39 is 0 Å². The molecule has 0 spiro atoms. The topological polar surface area (TPSA) is 61.6 Å². The molecule has 9 heteroatoms. The number of likely N-dealkylation sites (tertiary alicyclic amines) is 1. The molecule has 37 heavy (non-hydrogen) atoms. The predicted octanol–water partition coefficient (Wildman–Crippen LogP) is 6.29. The third kappa shape index (κ3) is 5.27. The molecule has 1 aliphatic carbocycles. The lowest BCUT2D eigenvalue weighted by Gasteiger charge is -2.49. The Balaban J connectivity index is 1.12. The van der Waals surface area contributed by atoms with E-state index in [-0.39, 0.29) is 6.04 Å². The summed E-state index contributed by atoms with van der Waals surface area (Å²) in [7, 11) is 0. The van der Waals surface area contributed by atoms with Crippen molar-refractivity contribution in [2.45, 2.75) is 64.5 Å². The van der Waals surface area contributed by atoms with Crippen LogP contribution in [0.1, 0.15) is 64.0 Å². The minimum atomic E-state index is -0.0362. The number of nitrogens with zero attached hydrogens (tertiary/aromatic N) is 6.